The fourth-order valence-corrected chi connectivity index (χ4v) is 4.74. The molecule has 8 heteroatoms. The van der Waals surface area contributed by atoms with Gasteiger partial charge in [-0.3, -0.25) is 14.5 Å². The molecule has 0 saturated carbocycles. The van der Waals surface area contributed by atoms with E-state index < -0.39 is 0 Å². The lowest BCUT2D eigenvalue weighted by Gasteiger charge is -2.31. The molecule has 4 rings (SSSR count). The molecular weight excluding hydrogens is 476 g/mol. The molecule has 0 aliphatic carbocycles. The summed E-state index contributed by atoms with van der Waals surface area (Å²) in [4.78, 5) is 30.3. The molecule has 1 atom stereocenters. The molecule has 0 radical (unpaired) electrons. The van der Waals surface area contributed by atoms with Crippen LogP contribution in [0.1, 0.15) is 48.1 Å². The Hall–Kier alpha value is -2.74. The highest BCUT2D eigenvalue weighted by Crippen LogP contribution is 2.34. The van der Waals surface area contributed by atoms with Crippen LogP contribution < -0.4 is 0 Å². The number of hydrogen-bond donors (Lipinski definition) is 0. The first-order valence-corrected chi connectivity index (χ1v) is 13.0. The highest BCUT2D eigenvalue weighted by molar-refractivity contribution is 6.30. The smallest absolute Gasteiger partial charge is 0.262 e. The Balaban J connectivity index is 1.56. The quantitative estimate of drug-likeness (QED) is 0.533. The minimum Gasteiger partial charge on any atom is -0.379 e. The van der Waals surface area contributed by atoms with Crippen molar-refractivity contribution in [2.45, 2.75) is 39.7 Å². The van der Waals surface area contributed by atoms with Gasteiger partial charge in [-0.1, -0.05) is 42.8 Å². The topological polar surface area (TPSA) is 65.5 Å². The third-order valence-electron chi connectivity index (χ3n) is 7.03. The van der Waals surface area contributed by atoms with Crippen LogP contribution in [0.2, 0.25) is 5.02 Å². The zero-order chi connectivity index (χ0) is 25.7. The first-order chi connectivity index (χ1) is 17.4. The number of benzene rings is 2. The Bertz CT molecular complexity index is 1110. The van der Waals surface area contributed by atoms with Crippen molar-refractivity contribution in [1.82, 2.24) is 14.8 Å². The summed E-state index contributed by atoms with van der Waals surface area (Å²) in [5.41, 5.74) is 5.26. The van der Waals surface area contributed by atoms with E-state index in [1.165, 1.54) is 11.1 Å². The van der Waals surface area contributed by atoms with E-state index >= 15 is 0 Å². The van der Waals surface area contributed by atoms with E-state index in [9.17, 15) is 9.59 Å². The van der Waals surface area contributed by atoms with E-state index in [4.69, 9.17) is 21.4 Å². The van der Waals surface area contributed by atoms with E-state index in [2.05, 4.69) is 36.9 Å². The van der Waals surface area contributed by atoms with Gasteiger partial charge in [-0.2, -0.15) is 5.10 Å². The number of hydrazone groups is 1. The maximum absolute atomic E-state index is 13.6. The Morgan fingerprint density at radius 2 is 1.81 bits per heavy atom. The summed E-state index contributed by atoms with van der Waals surface area (Å²) in [6.07, 6.45) is 0.958. The molecule has 0 spiro atoms. The lowest BCUT2D eigenvalue weighted by atomic mass is 9.96. The Morgan fingerprint density at radius 3 is 2.47 bits per heavy atom. The molecule has 2 aromatic rings. The standard InChI is InChI=1S/C28H35ClN4O3/c1-4-27(34)32(12-11-31-13-15-36-16-14-31)19-28(35)33-26(22-7-9-24(29)10-8-22)18-25(30-33)23-6-5-20(2)21(3)17-23/h5-10,17,26H,4,11-16,18-19H2,1-3H3/t26-/m0/s1. The van der Waals surface area contributed by atoms with Crippen LogP contribution in [-0.4, -0.2) is 78.3 Å². The van der Waals surface area contributed by atoms with Gasteiger partial charge in [0, 0.05) is 44.0 Å². The normalized spacial score (nSPS) is 18.3. The number of rotatable bonds is 8. The van der Waals surface area contributed by atoms with Crippen molar-refractivity contribution in [3.05, 3.63) is 69.7 Å². The van der Waals surface area contributed by atoms with Crippen LogP contribution in [0.4, 0.5) is 0 Å². The van der Waals surface area contributed by atoms with Gasteiger partial charge >= 0.3 is 0 Å². The lowest BCUT2D eigenvalue weighted by molar-refractivity contribution is -0.141. The number of nitrogens with zero attached hydrogens (tertiary/aromatic N) is 4. The van der Waals surface area contributed by atoms with Crippen molar-refractivity contribution in [3.8, 4) is 0 Å². The number of morpholine rings is 1. The molecule has 2 aliphatic rings. The van der Waals surface area contributed by atoms with Gasteiger partial charge in [0.1, 0.15) is 6.54 Å². The molecule has 2 amide bonds. The second kappa shape index (κ2) is 12.0. The van der Waals surface area contributed by atoms with Gasteiger partial charge in [0.15, 0.2) is 0 Å². The summed E-state index contributed by atoms with van der Waals surface area (Å²) in [5, 5.41) is 7.01. The van der Waals surface area contributed by atoms with Crippen molar-refractivity contribution in [3.63, 3.8) is 0 Å². The van der Waals surface area contributed by atoms with Gasteiger partial charge in [-0.15, -0.1) is 0 Å². The summed E-state index contributed by atoms with van der Waals surface area (Å²) in [7, 11) is 0. The van der Waals surface area contributed by atoms with Crippen molar-refractivity contribution < 1.29 is 14.3 Å². The molecule has 1 saturated heterocycles. The predicted molar refractivity (Wildman–Crippen MR) is 142 cm³/mol. The number of carbonyl (C=O) groups excluding carboxylic acids is 2. The van der Waals surface area contributed by atoms with Gasteiger partial charge in [0.2, 0.25) is 5.91 Å². The lowest BCUT2D eigenvalue weighted by Crippen LogP contribution is -2.46. The number of halogens is 1. The highest BCUT2D eigenvalue weighted by Gasteiger charge is 2.34. The van der Waals surface area contributed by atoms with Gasteiger partial charge in [0.25, 0.3) is 5.91 Å². The van der Waals surface area contributed by atoms with Crippen LogP contribution in [0.5, 0.6) is 0 Å². The molecule has 0 aromatic heterocycles. The molecule has 192 valence electrons. The van der Waals surface area contributed by atoms with Gasteiger partial charge in [0.05, 0.1) is 25.0 Å². The maximum Gasteiger partial charge on any atom is 0.262 e. The average molecular weight is 511 g/mol. The van der Waals surface area contributed by atoms with E-state index in [0.717, 1.165) is 36.5 Å². The van der Waals surface area contributed by atoms with Gasteiger partial charge < -0.3 is 9.64 Å². The summed E-state index contributed by atoms with van der Waals surface area (Å²) < 4.78 is 5.42. The summed E-state index contributed by atoms with van der Waals surface area (Å²) in [6.45, 7) is 10.3. The molecule has 36 heavy (non-hydrogen) atoms. The molecule has 1 fully saturated rings. The number of hydrogen-bond acceptors (Lipinski definition) is 5. The van der Waals surface area contributed by atoms with Crippen molar-refractivity contribution in [2.75, 3.05) is 45.9 Å². The van der Waals surface area contributed by atoms with Crippen molar-refractivity contribution in [1.29, 1.82) is 0 Å². The number of aryl methyl sites for hydroxylation is 2. The Labute approximate surface area is 218 Å². The fourth-order valence-electron chi connectivity index (χ4n) is 4.62. The summed E-state index contributed by atoms with van der Waals surface area (Å²) in [6, 6.07) is 13.6. The Morgan fingerprint density at radius 1 is 1.08 bits per heavy atom. The molecule has 0 N–H and O–H groups in total. The number of ether oxygens (including phenoxy) is 1. The molecular formula is C28H35ClN4O3. The molecule has 0 bridgehead atoms. The van der Waals surface area contributed by atoms with Crippen LogP contribution in [0.25, 0.3) is 0 Å². The molecule has 2 aromatic carbocycles. The SMILES string of the molecule is CCC(=O)N(CCN1CCOCC1)CC(=O)N1N=C(c2ccc(C)c(C)c2)C[C@H]1c1ccc(Cl)cc1. The van der Waals surface area contributed by atoms with Crippen LogP contribution in [0, 0.1) is 13.8 Å². The van der Waals surface area contributed by atoms with E-state index in [1.54, 1.807) is 9.91 Å². The van der Waals surface area contributed by atoms with Crippen molar-refractivity contribution >= 4 is 29.1 Å². The zero-order valence-corrected chi connectivity index (χ0v) is 22.1. The number of amides is 2. The molecule has 0 unspecified atom stereocenters. The largest absolute Gasteiger partial charge is 0.379 e. The van der Waals surface area contributed by atoms with E-state index in [0.29, 0.717) is 37.6 Å². The molecule has 2 heterocycles. The minimum absolute atomic E-state index is 0.00477. The van der Waals surface area contributed by atoms with Crippen LogP contribution in [0.3, 0.4) is 0 Å². The van der Waals surface area contributed by atoms with Gasteiger partial charge in [-0.25, -0.2) is 5.01 Å². The second-order valence-corrected chi connectivity index (χ2v) is 9.91. The van der Waals surface area contributed by atoms with E-state index in [-0.39, 0.29) is 24.4 Å². The first kappa shape index (κ1) is 26.3. The highest BCUT2D eigenvalue weighted by atomic mass is 35.5. The third kappa shape index (κ3) is 6.33. The van der Waals surface area contributed by atoms with Crippen LogP contribution >= 0.6 is 11.6 Å². The second-order valence-electron chi connectivity index (χ2n) is 9.48. The average Bonchev–Trinajstić information content (AvgIpc) is 3.34. The monoisotopic (exact) mass is 510 g/mol. The minimum atomic E-state index is -0.246. The molecule has 2 aliphatic heterocycles. The summed E-state index contributed by atoms with van der Waals surface area (Å²) in [5.74, 6) is -0.213. The maximum atomic E-state index is 13.6. The number of carbonyl (C=O) groups is 2. The predicted octanol–water partition coefficient (Wildman–Crippen LogP) is 4.21. The molecule has 7 nitrogen and oxygen atoms in total. The van der Waals surface area contributed by atoms with Gasteiger partial charge in [-0.05, 0) is 54.3 Å². The van der Waals surface area contributed by atoms with Crippen LogP contribution in [0.15, 0.2) is 47.6 Å². The summed E-state index contributed by atoms with van der Waals surface area (Å²) >= 11 is 6.13. The fraction of sp³-hybridized carbons (Fsp3) is 0.464. The Kier molecular flexibility index (Phi) is 8.77. The third-order valence-corrected chi connectivity index (χ3v) is 7.28. The van der Waals surface area contributed by atoms with Crippen LogP contribution in [-0.2, 0) is 14.3 Å². The van der Waals surface area contributed by atoms with E-state index in [1.807, 2.05) is 31.2 Å². The van der Waals surface area contributed by atoms with Crippen molar-refractivity contribution in [2.24, 2.45) is 5.10 Å². The zero-order valence-electron chi connectivity index (χ0n) is 21.4. The first-order valence-electron chi connectivity index (χ1n) is 12.7.